The number of ether oxygens (including phenoxy) is 2. The quantitative estimate of drug-likeness (QED) is 0.283. The summed E-state index contributed by atoms with van der Waals surface area (Å²) >= 11 is 3.23. The lowest BCUT2D eigenvalue weighted by molar-refractivity contribution is -0.667. The molecule has 3 rings (SSSR count). The van der Waals surface area contributed by atoms with Gasteiger partial charge in [0.05, 0.1) is 29.9 Å². The Morgan fingerprint density at radius 3 is 2.79 bits per heavy atom. The van der Waals surface area contributed by atoms with Crippen molar-refractivity contribution < 1.29 is 27.0 Å². The zero-order chi connectivity index (χ0) is 20.3. The van der Waals surface area contributed by atoms with E-state index in [4.69, 9.17) is 9.47 Å². The second-order valence-electron chi connectivity index (χ2n) is 6.19. The number of nitrogens with zero attached hydrogens (tertiary/aromatic N) is 1. The molecule has 1 aromatic carbocycles. The van der Waals surface area contributed by atoms with E-state index in [9.17, 15) is 13.0 Å². The van der Waals surface area contributed by atoms with Crippen LogP contribution in [-0.4, -0.2) is 32.4 Å². The van der Waals surface area contributed by atoms with Gasteiger partial charge in [-0.15, -0.1) is 11.3 Å². The minimum atomic E-state index is -4.24. The van der Waals surface area contributed by atoms with Crippen molar-refractivity contribution >= 4 is 59.2 Å². The van der Waals surface area contributed by atoms with Gasteiger partial charge in [0.1, 0.15) is 20.9 Å². The van der Waals surface area contributed by atoms with Crippen LogP contribution < -0.4 is 9.30 Å². The first-order chi connectivity index (χ1) is 13.4. The van der Waals surface area contributed by atoms with Crippen LogP contribution in [0.2, 0.25) is 0 Å². The average molecular weight is 442 g/mol. The van der Waals surface area contributed by atoms with E-state index in [-0.39, 0.29) is 12.2 Å². The highest BCUT2D eigenvalue weighted by Crippen LogP contribution is 2.38. The summed E-state index contributed by atoms with van der Waals surface area (Å²) in [5, 5.41) is 4.01. The van der Waals surface area contributed by atoms with Gasteiger partial charge in [0.15, 0.2) is 6.54 Å². The molecule has 0 saturated heterocycles. The van der Waals surface area contributed by atoms with E-state index in [1.807, 2.05) is 37.4 Å². The normalized spacial score (nSPS) is 12.8. The molecule has 0 atom stereocenters. The molecule has 0 unspecified atom stereocenters. The van der Waals surface area contributed by atoms with E-state index in [0.717, 1.165) is 43.2 Å². The van der Waals surface area contributed by atoms with E-state index >= 15 is 0 Å². The highest BCUT2D eigenvalue weighted by Gasteiger charge is 2.25. The van der Waals surface area contributed by atoms with E-state index < -0.39 is 10.1 Å². The number of hydrogen-bond acceptors (Lipinski definition) is 7. The summed E-state index contributed by atoms with van der Waals surface area (Å²) in [6.07, 6.45) is 3.03. The number of hydrogen-bond donors (Lipinski definition) is 0. The Kier molecular flexibility index (Phi) is 6.59. The topological polar surface area (TPSA) is 79.5 Å². The van der Waals surface area contributed by atoms with E-state index in [1.54, 1.807) is 29.8 Å². The Morgan fingerprint density at radius 1 is 1.36 bits per heavy atom. The fourth-order valence-corrected chi connectivity index (χ4v) is 5.84. The molecule has 0 saturated carbocycles. The number of thiophene rings is 1. The van der Waals surface area contributed by atoms with Crippen molar-refractivity contribution in [1.82, 2.24) is 0 Å². The Hall–Kier alpha value is -1.68. The minimum absolute atomic E-state index is 0.262. The van der Waals surface area contributed by atoms with E-state index in [1.165, 1.54) is 0 Å². The molecule has 0 spiro atoms. The molecule has 3 aromatic rings. The molecule has 28 heavy (non-hydrogen) atoms. The highest BCUT2D eigenvalue weighted by molar-refractivity contribution is 7.85. The largest absolute Gasteiger partial charge is 0.748 e. The first kappa shape index (κ1) is 21.0. The monoisotopic (exact) mass is 441 g/mol. The van der Waals surface area contributed by atoms with E-state index in [2.05, 4.69) is 4.57 Å². The molecule has 0 fully saturated rings. The average Bonchev–Trinajstić information content (AvgIpc) is 3.24. The number of fused-ring (bicyclic) bond motifs is 3. The van der Waals surface area contributed by atoms with Crippen molar-refractivity contribution in [3.63, 3.8) is 0 Å². The van der Waals surface area contributed by atoms with E-state index in [0.29, 0.717) is 13.2 Å². The van der Waals surface area contributed by atoms with Gasteiger partial charge < -0.3 is 14.0 Å². The minimum Gasteiger partial charge on any atom is -0.748 e. The summed E-state index contributed by atoms with van der Waals surface area (Å²) in [5.41, 5.74) is 1.04. The number of allylic oxidation sites excluding steroid dienone is 1. The molecule has 0 aliphatic rings. The van der Waals surface area contributed by atoms with Crippen LogP contribution >= 0.6 is 22.7 Å². The number of rotatable bonds is 9. The van der Waals surface area contributed by atoms with Crippen LogP contribution in [0.15, 0.2) is 23.3 Å². The van der Waals surface area contributed by atoms with Crippen molar-refractivity contribution in [3.8, 4) is 5.75 Å². The molecule has 2 heterocycles. The molecule has 2 aromatic heterocycles. The summed E-state index contributed by atoms with van der Waals surface area (Å²) in [4.78, 5) is 0. The van der Waals surface area contributed by atoms with Crippen molar-refractivity contribution in [3.05, 3.63) is 28.3 Å². The molecule has 0 radical (unpaired) electrons. The second-order valence-corrected chi connectivity index (χ2v) is 9.70. The van der Waals surface area contributed by atoms with Crippen molar-refractivity contribution in [2.24, 2.45) is 0 Å². The third-order valence-electron chi connectivity index (χ3n) is 4.35. The van der Waals surface area contributed by atoms with Gasteiger partial charge in [0, 0.05) is 30.0 Å². The third kappa shape index (κ3) is 4.48. The molecule has 6 nitrogen and oxygen atoms in total. The van der Waals surface area contributed by atoms with Gasteiger partial charge in [0.2, 0.25) is 5.52 Å². The van der Waals surface area contributed by atoms with Gasteiger partial charge in [-0.05, 0) is 18.4 Å². The highest BCUT2D eigenvalue weighted by atomic mass is 32.2. The maximum Gasteiger partial charge on any atom is 0.266 e. The van der Waals surface area contributed by atoms with Crippen LogP contribution in [0.3, 0.4) is 0 Å². The summed E-state index contributed by atoms with van der Waals surface area (Å²) < 4.78 is 48.7. The van der Waals surface area contributed by atoms with Gasteiger partial charge >= 0.3 is 0 Å². The third-order valence-corrected chi connectivity index (χ3v) is 7.14. The van der Waals surface area contributed by atoms with Gasteiger partial charge in [-0.2, -0.15) is 4.57 Å². The number of aromatic nitrogens is 1. The summed E-state index contributed by atoms with van der Waals surface area (Å²) in [6.45, 7) is 5.00. The number of aryl methyl sites for hydroxylation is 1. The van der Waals surface area contributed by atoms with Gasteiger partial charge in [-0.25, -0.2) is 8.42 Å². The fourth-order valence-electron chi connectivity index (χ4n) is 3.14. The van der Waals surface area contributed by atoms with Crippen molar-refractivity contribution in [2.45, 2.75) is 33.2 Å². The molecule has 0 N–H and O–H groups in total. The predicted molar refractivity (Wildman–Crippen MR) is 113 cm³/mol. The molecule has 0 aliphatic heterocycles. The van der Waals surface area contributed by atoms with Gasteiger partial charge in [-0.3, -0.25) is 0 Å². The number of methoxy groups -OCH3 is 1. The lowest BCUT2D eigenvalue weighted by Crippen LogP contribution is -2.36. The molecule has 9 heteroatoms. The number of thiazole rings is 1. The molecular formula is C19H23NO5S3. The zero-order valence-corrected chi connectivity index (χ0v) is 18.5. The fraction of sp³-hybridized carbons (Fsp3) is 0.421. The molecule has 0 bridgehead atoms. The Labute approximate surface area is 172 Å². The summed E-state index contributed by atoms with van der Waals surface area (Å²) in [5.74, 6) is 1.31. The SMILES string of the molecule is CCOC(=Cc1sc2cc(OC)c3ccsc3c2[n+]1CCCS(=O)(=O)[O-])CC. The first-order valence-electron chi connectivity index (χ1n) is 9.05. The molecule has 0 amide bonds. The summed E-state index contributed by atoms with van der Waals surface area (Å²) in [6, 6.07) is 4.04. The first-order valence-corrected chi connectivity index (χ1v) is 12.3. The standard InChI is InChI=1S/C19H23NO5S3/c1-4-13(25-5-2)11-17-20(8-6-10-28(21,22)23)18-16(27-17)12-15(24-3)14-7-9-26-19(14)18/h7,9,11-12H,4-6,8,10H2,1-3H3. The van der Waals surface area contributed by atoms with Crippen LogP contribution in [0.25, 0.3) is 26.4 Å². The maximum atomic E-state index is 11.1. The maximum absolute atomic E-state index is 11.1. The molecule has 0 aliphatic carbocycles. The lowest BCUT2D eigenvalue weighted by Gasteiger charge is -2.06. The molecule has 152 valence electrons. The Balaban J connectivity index is 2.18. The zero-order valence-electron chi connectivity index (χ0n) is 16.1. The van der Waals surface area contributed by atoms with Crippen LogP contribution in [0, 0.1) is 0 Å². The second kappa shape index (κ2) is 8.77. The number of benzene rings is 1. The lowest BCUT2D eigenvalue weighted by atomic mass is 10.2. The van der Waals surface area contributed by atoms with Crippen LogP contribution in [0.4, 0.5) is 0 Å². The van der Waals surface area contributed by atoms with Gasteiger partial charge in [0.25, 0.3) is 5.01 Å². The van der Waals surface area contributed by atoms with Crippen LogP contribution in [-0.2, 0) is 21.4 Å². The van der Waals surface area contributed by atoms with Crippen molar-refractivity contribution in [1.29, 1.82) is 0 Å². The summed E-state index contributed by atoms with van der Waals surface area (Å²) in [7, 11) is -2.58. The molecular weight excluding hydrogens is 418 g/mol. The smallest absolute Gasteiger partial charge is 0.266 e. The van der Waals surface area contributed by atoms with Crippen molar-refractivity contribution in [2.75, 3.05) is 19.5 Å². The predicted octanol–water partition coefficient (Wildman–Crippen LogP) is 4.13. The Bertz CT molecular complexity index is 1110. The van der Waals surface area contributed by atoms with Crippen LogP contribution in [0.1, 0.15) is 31.7 Å². The Morgan fingerprint density at radius 2 is 2.14 bits per heavy atom. The van der Waals surface area contributed by atoms with Gasteiger partial charge in [-0.1, -0.05) is 18.3 Å². The van der Waals surface area contributed by atoms with Crippen LogP contribution in [0.5, 0.6) is 5.75 Å².